The predicted molar refractivity (Wildman–Crippen MR) is 104 cm³/mol. The van der Waals surface area contributed by atoms with Crippen molar-refractivity contribution in [2.24, 2.45) is 10.2 Å². The van der Waals surface area contributed by atoms with Crippen LogP contribution in [0.5, 0.6) is 5.75 Å². The van der Waals surface area contributed by atoms with E-state index in [4.69, 9.17) is 4.74 Å². The van der Waals surface area contributed by atoms with Crippen LogP contribution in [0.3, 0.4) is 0 Å². The maximum Gasteiger partial charge on any atom is 0.363 e. The first-order chi connectivity index (χ1) is 13.8. The molecule has 0 saturated heterocycles. The highest BCUT2D eigenvalue weighted by molar-refractivity contribution is 6.03. The van der Waals surface area contributed by atoms with Crippen LogP contribution in [-0.4, -0.2) is 64.1 Å². The number of hydrogen-bond acceptors (Lipinski definition) is 5. The minimum atomic E-state index is -1.86. The first-order valence-electron chi connectivity index (χ1n) is 9.45. The van der Waals surface area contributed by atoms with Crippen LogP contribution in [0, 0.1) is 17.3 Å². The molecule has 0 aromatic heterocycles. The van der Waals surface area contributed by atoms with Gasteiger partial charge in [-0.3, -0.25) is 9.59 Å². The van der Waals surface area contributed by atoms with E-state index in [2.05, 4.69) is 10.2 Å². The summed E-state index contributed by atoms with van der Waals surface area (Å²) in [7, 11) is 0. The van der Waals surface area contributed by atoms with E-state index in [1.165, 1.54) is 10.0 Å². The smallest absolute Gasteiger partial charge is 0.363 e. The predicted octanol–water partition coefficient (Wildman–Crippen LogP) is 2.23. The number of nitrogens with zero attached hydrogens (tertiary/aromatic N) is 6. The summed E-state index contributed by atoms with van der Waals surface area (Å²) in [4.78, 5) is 25.3. The molecule has 0 heterocycles. The van der Waals surface area contributed by atoms with Gasteiger partial charge in [-0.05, 0) is 46.8 Å². The molecule has 29 heavy (non-hydrogen) atoms. The van der Waals surface area contributed by atoms with Crippen molar-refractivity contribution in [1.82, 2.24) is 10.0 Å². The maximum atomic E-state index is 12.5. The van der Waals surface area contributed by atoms with Crippen LogP contribution in [0.2, 0.25) is 0 Å². The van der Waals surface area contributed by atoms with Crippen molar-refractivity contribution in [3.8, 4) is 5.75 Å². The van der Waals surface area contributed by atoms with Gasteiger partial charge in [0, 0.05) is 9.94 Å². The first kappa shape index (κ1) is 23.8. The van der Waals surface area contributed by atoms with E-state index >= 15 is 0 Å². The lowest BCUT2D eigenvalue weighted by atomic mass is 10.2. The van der Waals surface area contributed by atoms with Crippen molar-refractivity contribution in [3.63, 3.8) is 0 Å². The first-order valence-corrected chi connectivity index (χ1v) is 9.45. The lowest BCUT2D eigenvalue weighted by Gasteiger charge is -2.16. The third-order valence-electron chi connectivity index (χ3n) is 4.04. The quantitative estimate of drug-likeness (QED) is 0.251. The monoisotopic (exact) mass is 408 g/mol. The molecule has 1 aromatic rings. The molecular formula is C18H28N6O5. The molecule has 0 N–H and O–H groups in total. The molecule has 11 nitrogen and oxygen atoms in total. The molecule has 0 fully saturated rings. The fourth-order valence-electron chi connectivity index (χ4n) is 2.29. The van der Waals surface area contributed by atoms with Gasteiger partial charge < -0.3 is 15.2 Å². The summed E-state index contributed by atoms with van der Waals surface area (Å²) in [6.45, 7) is 9.99. The number of ether oxygens (including phenoxy) is 1. The van der Waals surface area contributed by atoms with Crippen LogP contribution in [0.15, 0.2) is 34.5 Å². The van der Waals surface area contributed by atoms with Crippen molar-refractivity contribution in [2.45, 2.75) is 40.7 Å². The number of carbonyl (C=O) groups is 2. The summed E-state index contributed by atoms with van der Waals surface area (Å²) in [6.07, 6.45) is -1.86. The van der Waals surface area contributed by atoms with Crippen LogP contribution < -0.4 is 4.74 Å². The summed E-state index contributed by atoms with van der Waals surface area (Å²) >= 11 is 0. The average Bonchev–Trinajstić information content (AvgIpc) is 2.69. The van der Waals surface area contributed by atoms with Gasteiger partial charge in [0.15, 0.2) is 0 Å². The Kier molecular flexibility index (Phi) is 9.49. The molecule has 0 spiro atoms. The van der Waals surface area contributed by atoms with E-state index < -0.39 is 17.9 Å². The Hall–Kier alpha value is -3.24. The number of amides is 2. The number of carbonyl (C=O) groups excluding carboxylic acids is 2. The third kappa shape index (κ3) is 7.01. The lowest BCUT2D eigenvalue weighted by molar-refractivity contribution is -0.688. The average molecular weight is 408 g/mol. The molecular weight excluding hydrogens is 380 g/mol. The second-order valence-corrected chi connectivity index (χ2v) is 5.97. The van der Waals surface area contributed by atoms with Crippen LogP contribution in [0.25, 0.3) is 0 Å². The standard InChI is InChI=1S/C18H28N6O5/c1-6-21(7-2)23(27)19-17(25)16(29-15-12-10-14(5)11-13-15)18(26)20-24(28)22(8-3)9-4/h10-13,16H,6-9H2,1-5H3. The molecule has 0 atom stereocenters. The highest BCUT2D eigenvalue weighted by Crippen LogP contribution is 2.15. The van der Waals surface area contributed by atoms with E-state index in [0.29, 0.717) is 26.2 Å². The van der Waals surface area contributed by atoms with Gasteiger partial charge >= 0.3 is 11.8 Å². The van der Waals surface area contributed by atoms with Crippen molar-refractivity contribution in [1.29, 1.82) is 0 Å². The molecule has 160 valence electrons. The molecule has 11 heteroatoms. The van der Waals surface area contributed by atoms with Crippen molar-refractivity contribution in [3.05, 3.63) is 40.2 Å². The van der Waals surface area contributed by atoms with Crippen LogP contribution in [0.1, 0.15) is 33.3 Å². The fraction of sp³-hybridized carbons (Fsp3) is 0.556. The van der Waals surface area contributed by atoms with Crippen molar-refractivity contribution >= 4 is 11.8 Å². The molecule has 2 amide bonds. The van der Waals surface area contributed by atoms with E-state index in [-0.39, 0.29) is 15.7 Å². The third-order valence-corrected chi connectivity index (χ3v) is 4.04. The topological polar surface area (TPSA) is 127 Å². The van der Waals surface area contributed by atoms with E-state index in [0.717, 1.165) is 5.56 Å². The van der Waals surface area contributed by atoms with Crippen molar-refractivity contribution < 1.29 is 24.3 Å². The number of benzene rings is 1. The van der Waals surface area contributed by atoms with Gasteiger partial charge in [0.25, 0.3) is 6.10 Å². The van der Waals surface area contributed by atoms with Gasteiger partial charge in [0.05, 0.1) is 36.4 Å². The summed E-state index contributed by atoms with van der Waals surface area (Å²) in [6, 6.07) is 6.56. The van der Waals surface area contributed by atoms with Crippen LogP contribution in [0.4, 0.5) is 0 Å². The second kappa shape index (κ2) is 11.6. The fourth-order valence-corrected chi connectivity index (χ4v) is 2.29. The lowest BCUT2D eigenvalue weighted by Crippen LogP contribution is -2.39. The van der Waals surface area contributed by atoms with Gasteiger partial charge in [-0.15, -0.1) is 10.0 Å². The zero-order valence-electron chi connectivity index (χ0n) is 17.4. The number of hydrogen-bond donors (Lipinski definition) is 0. The SMILES string of the molecule is CCN(CC)[N+]([O-])=NC(=O)C(Oc1ccc(C)cc1)C(=O)N=[N+]([O-])N(CC)CC. The Morgan fingerprint density at radius 2 is 1.28 bits per heavy atom. The Labute approximate surface area is 170 Å². The molecule has 0 aliphatic carbocycles. The molecule has 1 aromatic carbocycles. The van der Waals surface area contributed by atoms with Gasteiger partial charge in [-0.2, -0.15) is 0 Å². The van der Waals surface area contributed by atoms with Gasteiger partial charge in [-0.25, -0.2) is 0 Å². The maximum absolute atomic E-state index is 12.5. The molecule has 0 aliphatic rings. The molecule has 1 rings (SSSR count). The zero-order chi connectivity index (χ0) is 22.0. The highest BCUT2D eigenvalue weighted by Gasteiger charge is 2.35. The molecule has 0 aliphatic heterocycles. The summed E-state index contributed by atoms with van der Waals surface area (Å²) in [5, 5.41) is 33.3. The molecule has 0 unspecified atom stereocenters. The summed E-state index contributed by atoms with van der Waals surface area (Å²) in [5.41, 5.74) is 0.945. The minimum Gasteiger partial charge on any atom is -0.571 e. The molecule has 0 saturated carbocycles. The zero-order valence-corrected chi connectivity index (χ0v) is 17.4. The Morgan fingerprint density at radius 3 is 1.62 bits per heavy atom. The van der Waals surface area contributed by atoms with E-state index in [1.807, 2.05) is 6.92 Å². The van der Waals surface area contributed by atoms with E-state index in [1.54, 1.807) is 52.0 Å². The highest BCUT2D eigenvalue weighted by atomic mass is 16.6. The summed E-state index contributed by atoms with van der Waals surface area (Å²) in [5.74, 6) is -2.11. The Morgan fingerprint density at radius 1 is 0.897 bits per heavy atom. The Balaban J connectivity index is 3.21. The normalized spacial score (nSPS) is 13.0. The van der Waals surface area contributed by atoms with Crippen LogP contribution >= 0.6 is 0 Å². The largest absolute Gasteiger partial charge is 0.571 e. The number of aryl methyl sites for hydroxylation is 1. The second-order valence-electron chi connectivity index (χ2n) is 5.97. The van der Waals surface area contributed by atoms with Gasteiger partial charge in [-0.1, -0.05) is 17.7 Å². The molecule has 0 bridgehead atoms. The number of hydrazine groups is 2. The summed E-state index contributed by atoms with van der Waals surface area (Å²) < 4.78 is 5.43. The number of rotatable bonds is 10. The van der Waals surface area contributed by atoms with Crippen LogP contribution in [-0.2, 0) is 9.59 Å². The Bertz CT molecular complexity index is 702. The minimum absolute atomic E-state index is 0.112. The van der Waals surface area contributed by atoms with Gasteiger partial charge in [0.1, 0.15) is 5.75 Å². The molecule has 0 radical (unpaired) electrons. The van der Waals surface area contributed by atoms with Crippen molar-refractivity contribution in [2.75, 3.05) is 26.2 Å². The van der Waals surface area contributed by atoms with Gasteiger partial charge in [0.2, 0.25) is 0 Å². The van der Waals surface area contributed by atoms with E-state index in [9.17, 15) is 20.0 Å².